The molecule has 2 rings (SSSR count). The van der Waals surface area contributed by atoms with E-state index in [1.165, 1.54) is 11.8 Å². The van der Waals surface area contributed by atoms with Crippen molar-refractivity contribution in [2.24, 2.45) is 5.73 Å². The fourth-order valence-corrected chi connectivity index (χ4v) is 2.41. The van der Waals surface area contributed by atoms with Crippen molar-refractivity contribution in [3.05, 3.63) is 35.2 Å². The SMILES string of the molecule is COc1ccc(C(=N)N)cc1CSc1n[nH]c(C)n1. The average Bonchev–Trinajstić information content (AvgIpc) is 2.81. The lowest BCUT2D eigenvalue weighted by atomic mass is 10.1. The van der Waals surface area contributed by atoms with Gasteiger partial charge in [0.1, 0.15) is 17.4 Å². The molecule has 2 aromatic rings. The van der Waals surface area contributed by atoms with Gasteiger partial charge >= 0.3 is 0 Å². The highest BCUT2D eigenvalue weighted by Crippen LogP contribution is 2.27. The number of H-pyrrole nitrogens is 1. The van der Waals surface area contributed by atoms with Crippen molar-refractivity contribution in [3.63, 3.8) is 0 Å². The number of ether oxygens (including phenoxy) is 1. The van der Waals surface area contributed by atoms with Crippen LogP contribution >= 0.6 is 11.8 Å². The van der Waals surface area contributed by atoms with Crippen molar-refractivity contribution in [2.75, 3.05) is 7.11 Å². The fourth-order valence-electron chi connectivity index (χ4n) is 1.59. The minimum absolute atomic E-state index is 0.0441. The zero-order valence-electron chi connectivity index (χ0n) is 10.7. The van der Waals surface area contributed by atoms with E-state index in [0.29, 0.717) is 16.5 Å². The number of nitrogens with zero attached hydrogens (tertiary/aromatic N) is 2. The molecule has 0 atom stereocenters. The predicted molar refractivity (Wildman–Crippen MR) is 74.7 cm³/mol. The van der Waals surface area contributed by atoms with E-state index < -0.39 is 0 Å². The highest BCUT2D eigenvalue weighted by atomic mass is 32.2. The van der Waals surface area contributed by atoms with Crippen LogP contribution in [0.5, 0.6) is 5.75 Å². The quantitative estimate of drug-likeness (QED) is 0.438. The van der Waals surface area contributed by atoms with Gasteiger partial charge in [0.25, 0.3) is 0 Å². The van der Waals surface area contributed by atoms with Crippen LogP contribution in [0.15, 0.2) is 23.4 Å². The molecular weight excluding hydrogens is 262 g/mol. The largest absolute Gasteiger partial charge is 0.496 e. The molecule has 0 radical (unpaired) electrons. The van der Waals surface area contributed by atoms with Crippen LogP contribution in [0.1, 0.15) is 17.0 Å². The summed E-state index contributed by atoms with van der Waals surface area (Å²) in [4.78, 5) is 4.23. The molecule has 4 N–H and O–H groups in total. The first kappa shape index (κ1) is 13.4. The third-order valence-corrected chi connectivity index (χ3v) is 3.42. The zero-order valence-corrected chi connectivity index (χ0v) is 11.5. The average molecular weight is 277 g/mol. The summed E-state index contributed by atoms with van der Waals surface area (Å²) in [7, 11) is 1.62. The lowest BCUT2D eigenvalue weighted by Gasteiger charge is -2.09. The second-order valence-corrected chi connectivity index (χ2v) is 4.87. The molecule has 0 amide bonds. The van der Waals surface area contributed by atoms with E-state index >= 15 is 0 Å². The van der Waals surface area contributed by atoms with Gasteiger partial charge in [-0.2, -0.15) is 0 Å². The molecule has 19 heavy (non-hydrogen) atoms. The van der Waals surface area contributed by atoms with Crippen LogP contribution in [0, 0.1) is 12.3 Å². The molecule has 0 spiro atoms. The van der Waals surface area contributed by atoms with Crippen LogP contribution in [0.2, 0.25) is 0 Å². The molecule has 100 valence electrons. The van der Waals surface area contributed by atoms with Gasteiger partial charge in [0.15, 0.2) is 0 Å². The summed E-state index contributed by atoms with van der Waals surface area (Å²) in [6.45, 7) is 1.86. The Morgan fingerprint density at radius 2 is 2.32 bits per heavy atom. The molecular formula is C12H15N5OS. The normalized spacial score (nSPS) is 10.4. The number of methoxy groups -OCH3 is 1. The maximum absolute atomic E-state index is 7.46. The van der Waals surface area contributed by atoms with Crippen LogP contribution in [0.4, 0.5) is 0 Å². The number of aromatic amines is 1. The molecule has 0 aliphatic rings. The Labute approximate surface area is 115 Å². The Morgan fingerprint density at radius 1 is 1.53 bits per heavy atom. The van der Waals surface area contributed by atoms with Crippen LogP contribution in [0.3, 0.4) is 0 Å². The Kier molecular flexibility index (Phi) is 4.06. The summed E-state index contributed by atoms with van der Waals surface area (Å²) in [6.07, 6.45) is 0. The van der Waals surface area contributed by atoms with E-state index in [0.717, 1.165) is 17.1 Å². The molecule has 0 saturated carbocycles. The highest BCUT2D eigenvalue weighted by molar-refractivity contribution is 7.98. The summed E-state index contributed by atoms with van der Waals surface area (Å²) in [6, 6.07) is 5.44. The molecule has 0 saturated heterocycles. The summed E-state index contributed by atoms with van der Waals surface area (Å²) in [5.41, 5.74) is 7.13. The number of nitrogen functional groups attached to an aromatic ring is 1. The zero-order chi connectivity index (χ0) is 13.8. The molecule has 1 heterocycles. The van der Waals surface area contributed by atoms with E-state index in [2.05, 4.69) is 15.2 Å². The summed E-state index contributed by atoms with van der Waals surface area (Å²) in [5, 5.41) is 15.0. The topological polar surface area (TPSA) is 101 Å². The Balaban J connectivity index is 2.17. The molecule has 0 aliphatic carbocycles. The standard InChI is InChI=1S/C12H15N5OS/c1-7-15-12(17-16-7)19-6-9-5-8(11(13)14)3-4-10(9)18-2/h3-5H,6H2,1-2H3,(H3,13,14)(H,15,16,17). The second kappa shape index (κ2) is 5.75. The smallest absolute Gasteiger partial charge is 0.208 e. The minimum Gasteiger partial charge on any atom is -0.496 e. The number of rotatable bonds is 5. The highest BCUT2D eigenvalue weighted by Gasteiger charge is 2.08. The lowest BCUT2D eigenvalue weighted by molar-refractivity contribution is 0.411. The van der Waals surface area contributed by atoms with Gasteiger partial charge in [-0.1, -0.05) is 11.8 Å². The number of benzene rings is 1. The molecule has 7 heteroatoms. The monoisotopic (exact) mass is 277 g/mol. The van der Waals surface area contributed by atoms with Crippen LogP contribution in [-0.4, -0.2) is 28.1 Å². The number of nitrogens with two attached hydrogens (primary N) is 1. The van der Waals surface area contributed by atoms with Gasteiger partial charge in [-0.25, -0.2) is 4.98 Å². The number of amidine groups is 1. The predicted octanol–water partition coefficient (Wildman–Crippen LogP) is 1.70. The maximum Gasteiger partial charge on any atom is 0.208 e. The van der Waals surface area contributed by atoms with Crippen molar-refractivity contribution < 1.29 is 4.74 Å². The van der Waals surface area contributed by atoms with E-state index in [-0.39, 0.29) is 5.84 Å². The van der Waals surface area contributed by atoms with Crippen molar-refractivity contribution in [3.8, 4) is 5.75 Å². The fraction of sp³-hybridized carbons (Fsp3) is 0.250. The van der Waals surface area contributed by atoms with Gasteiger partial charge in [-0.3, -0.25) is 10.5 Å². The van der Waals surface area contributed by atoms with Crippen molar-refractivity contribution in [1.82, 2.24) is 15.2 Å². The maximum atomic E-state index is 7.46. The van der Waals surface area contributed by atoms with Gasteiger partial charge in [0.05, 0.1) is 7.11 Å². The summed E-state index contributed by atoms with van der Waals surface area (Å²) >= 11 is 1.50. The number of thioether (sulfide) groups is 1. The lowest BCUT2D eigenvalue weighted by Crippen LogP contribution is -2.11. The number of nitrogens with one attached hydrogen (secondary N) is 2. The van der Waals surface area contributed by atoms with E-state index in [1.54, 1.807) is 13.2 Å². The Bertz CT molecular complexity index is 596. The van der Waals surface area contributed by atoms with Gasteiger partial charge in [0, 0.05) is 16.9 Å². The first-order valence-corrected chi connectivity index (χ1v) is 6.62. The molecule has 1 aromatic heterocycles. The molecule has 6 nitrogen and oxygen atoms in total. The molecule has 0 fully saturated rings. The van der Waals surface area contributed by atoms with E-state index in [9.17, 15) is 0 Å². The van der Waals surface area contributed by atoms with E-state index in [1.807, 2.05) is 19.1 Å². The van der Waals surface area contributed by atoms with Crippen molar-refractivity contribution >= 4 is 17.6 Å². The second-order valence-electron chi connectivity index (χ2n) is 3.93. The van der Waals surface area contributed by atoms with E-state index in [4.69, 9.17) is 15.9 Å². The summed E-state index contributed by atoms with van der Waals surface area (Å²) < 4.78 is 5.30. The number of hydrogen-bond donors (Lipinski definition) is 3. The molecule has 0 unspecified atom stereocenters. The van der Waals surface area contributed by atoms with Gasteiger partial charge in [-0.15, -0.1) is 5.10 Å². The first-order valence-electron chi connectivity index (χ1n) is 5.63. The summed E-state index contributed by atoms with van der Waals surface area (Å²) in [5.74, 6) is 2.25. The van der Waals surface area contributed by atoms with Crippen molar-refractivity contribution in [2.45, 2.75) is 17.8 Å². The first-order chi connectivity index (χ1) is 9.10. The van der Waals surface area contributed by atoms with Crippen LogP contribution < -0.4 is 10.5 Å². The van der Waals surface area contributed by atoms with Crippen LogP contribution in [-0.2, 0) is 5.75 Å². The third kappa shape index (κ3) is 3.25. The third-order valence-electron chi connectivity index (χ3n) is 2.52. The Hall–Kier alpha value is -2.02. The number of hydrogen-bond acceptors (Lipinski definition) is 5. The molecule has 0 bridgehead atoms. The Morgan fingerprint density at radius 3 is 2.89 bits per heavy atom. The minimum atomic E-state index is 0.0441. The molecule has 1 aromatic carbocycles. The van der Waals surface area contributed by atoms with Gasteiger partial charge in [-0.05, 0) is 25.1 Å². The van der Waals surface area contributed by atoms with Gasteiger partial charge in [0.2, 0.25) is 5.16 Å². The number of aromatic nitrogens is 3. The van der Waals surface area contributed by atoms with Gasteiger partial charge < -0.3 is 10.5 Å². The van der Waals surface area contributed by atoms with Crippen LogP contribution in [0.25, 0.3) is 0 Å². The van der Waals surface area contributed by atoms with Crippen molar-refractivity contribution in [1.29, 1.82) is 5.41 Å². The molecule has 0 aliphatic heterocycles. The number of aryl methyl sites for hydroxylation is 1.